The van der Waals surface area contributed by atoms with E-state index in [9.17, 15) is 0 Å². The van der Waals surface area contributed by atoms with Gasteiger partial charge in [-0.1, -0.05) is 158 Å². The van der Waals surface area contributed by atoms with Gasteiger partial charge in [-0.2, -0.15) is 0 Å². The van der Waals surface area contributed by atoms with Crippen LogP contribution in [0.5, 0.6) is 0 Å². The number of aryl methyl sites for hydroxylation is 2. The van der Waals surface area contributed by atoms with Crippen LogP contribution >= 0.6 is 11.3 Å². The van der Waals surface area contributed by atoms with Gasteiger partial charge in [-0.25, -0.2) is 0 Å². The molecule has 0 fully saturated rings. The molecule has 0 saturated heterocycles. The topological polar surface area (TPSA) is 32.3 Å². The summed E-state index contributed by atoms with van der Waals surface area (Å²) in [5, 5.41) is 2.53. The summed E-state index contributed by atoms with van der Waals surface area (Å²) >= 11 is 1.88. The van der Waals surface area contributed by atoms with Crippen LogP contribution in [0.3, 0.4) is 0 Å². The fraction of sp³-hybridized carbons (Fsp3) is 0.0588. The molecule has 3 heterocycles. The lowest BCUT2D eigenvalue weighted by atomic mass is 9.82. The van der Waals surface area contributed by atoms with Gasteiger partial charge in [0.05, 0.1) is 34.2 Å². The number of thiophene rings is 1. The number of rotatable bonds is 8. The molecule has 0 amide bonds. The first-order chi connectivity index (χ1) is 36.0. The molecule has 0 N–H and O–H groups in total. The van der Waals surface area contributed by atoms with Gasteiger partial charge < -0.3 is 9.80 Å². The van der Waals surface area contributed by atoms with Gasteiger partial charge in [0, 0.05) is 43.9 Å². The van der Waals surface area contributed by atoms with Crippen molar-refractivity contribution in [2.24, 2.45) is 0 Å². The third-order valence-electron chi connectivity index (χ3n) is 14.4. The molecule has 9 aromatic carbocycles. The van der Waals surface area contributed by atoms with Crippen molar-refractivity contribution in [2.75, 3.05) is 9.80 Å². The predicted octanol–water partition coefficient (Wildman–Crippen LogP) is 18.6. The molecular formula is C68H50N4S. The zero-order chi connectivity index (χ0) is 48.8. The summed E-state index contributed by atoms with van der Waals surface area (Å²) in [6.07, 6.45) is 5.50. The SMILES string of the molecule is Cc1ccc(N(c2ccc(-c3ccccc3)cc2)c2ccc3c(c2)Cc2ccccc2-c2ccccc2Cc2cc(N(c4ccc(-c5ccccc5)cc4)c4ccc(C)nc4)c4sc5ccccc5c4c2-3)cn1. The number of nitrogens with zero attached hydrogens (tertiary/aromatic N) is 4. The summed E-state index contributed by atoms with van der Waals surface area (Å²) in [5.74, 6) is 0. The number of hydrogen-bond acceptors (Lipinski definition) is 5. The van der Waals surface area contributed by atoms with Crippen LogP contribution in [0.2, 0.25) is 0 Å². The van der Waals surface area contributed by atoms with Gasteiger partial charge in [-0.3, -0.25) is 9.97 Å². The molecule has 13 rings (SSSR count). The Morgan fingerprint density at radius 2 is 0.849 bits per heavy atom. The third kappa shape index (κ3) is 8.24. The van der Waals surface area contributed by atoms with Gasteiger partial charge in [0.1, 0.15) is 0 Å². The summed E-state index contributed by atoms with van der Waals surface area (Å²) in [5.41, 5.74) is 23.3. The molecule has 1 aliphatic carbocycles. The number of pyridine rings is 2. The Morgan fingerprint density at radius 1 is 0.370 bits per heavy atom. The molecule has 0 spiro atoms. The van der Waals surface area contributed by atoms with E-state index < -0.39 is 0 Å². The van der Waals surface area contributed by atoms with Gasteiger partial charge in [-0.15, -0.1) is 11.3 Å². The lowest BCUT2D eigenvalue weighted by Crippen LogP contribution is -2.13. The zero-order valence-electron chi connectivity index (χ0n) is 40.7. The molecule has 348 valence electrons. The summed E-state index contributed by atoms with van der Waals surface area (Å²) in [6, 6.07) is 84.5. The molecular weight excluding hydrogens is 905 g/mol. The number of fused-ring (bicyclic) bond motifs is 10. The fourth-order valence-electron chi connectivity index (χ4n) is 10.9. The Balaban J connectivity index is 1.07. The van der Waals surface area contributed by atoms with Crippen LogP contribution in [0.15, 0.2) is 243 Å². The standard InChI is InChI=1S/C68H50N4S/c1-45-25-31-58(43-69-45)71(55-33-27-49(28-34-55)47-15-5-3-6-16-47)57-37-38-62-53(41-57)39-51-19-9-11-21-60(51)61-22-12-10-20-52(61)40-54-42-64(68-67(66(54)62)63-23-13-14-24-65(63)73-68)72(59-32-26-46(2)70-44-59)56-35-29-50(30-36-56)48-17-7-4-8-18-48/h3-38,41-44H,39-40H2,1-2H3. The van der Waals surface area contributed by atoms with Crippen molar-refractivity contribution in [3.63, 3.8) is 0 Å². The van der Waals surface area contributed by atoms with E-state index in [-0.39, 0.29) is 0 Å². The lowest BCUT2D eigenvalue weighted by Gasteiger charge is -2.29. The molecule has 4 nitrogen and oxygen atoms in total. The van der Waals surface area contributed by atoms with E-state index in [4.69, 9.17) is 9.97 Å². The zero-order valence-corrected chi connectivity index (χ0v) is 41.5. The predicted molar refractivity (Wildman–Crippen MR) is 308 cm³/mol. The van der Waals surface area contributed by atoms with Crippen molar-refractivity contribution in [3.8, 4) is 44.5 Å². The summed E-state index contributed by atoms with van der Waals surface area (Å²) < 4.78 is 2.49. The lowest BCUT2D eigenvalue weighted by molar-refractivity contribution is 1.14. The minimum absolute atomic E-state index is 0.732. The van der Waals surface area contributed by atoms with E-state index in [1.165, 1.54) is 86.9 Å². The van der Waals surface area contributed by atoms with Gasteiger partial charge in [0.2, 0.25) is 0 Å². The highest BCUT2D eigenvalue weighted by molar-refractivity contribution is 7.26. The first-order valence-corrected chi connectivity index (χ1v) is 25.9. The Bertz CT molecular complexity index is 3960. The van der Waals surface area contributed by atoms with Crippen molar-refractivity contribution < 1.29 is 0 Å². The van der Waals surface area contributed by atoms with Gasteiger partial charge >= 0.3 is 0 Å². The average molecular weight is 955 g/mol. The second kappa shape index (κ2) is 18.7. The van der Waals surface area contributed by atoms with E-state index >= 15 is 0 Å². The molecule has 5 heteroatoms. The molecule has 0 saturated carbocycles. The minimum Gasteiger partial charge on any atom is -0.309 e. The van der Waals surface area contributed by atoms with Crippen molar-refractivity contribution in [1.29, 1.82) is 0 Å². The van der Waals surface area contributed by atoms with Crippen LogP contribution in [0.25, 0.3) is 64.7 Å². The molecule has 73 heavy (non-hydrogen) atoms. The maximum Gasteiger partial charge on any atom is 0.0645 e. The van der Waals surface area contributed by atoms with E-state index in [2.05, 4.69) is 247 Å². The van der Waals surface area contributed by atoms with Gasteiger partial charge in [-0.05, 0) is 166 Å². The quantitative estimate of drug-likeness (QED) is 0.152. The Kier molecular flexibility index (Phi) is 11.3. The van der Waals surface area contributed by atoms with Crippen LogP contribution in [-0.4, -0.2) is 9.97 Å². The maximum atomic E-state index is 4.90. The van der Waals surface area contributed by atoms with Crippen LogP contribution in [0.1, 0.15) is 33.6 Å². The van der Waals surface area contributed by atoms with Crippen LogP contribution in [-0.2, 0) is 12.8 Å². The van der Waals surface area contributed by atoms with Crippen LogP contribution < -0.4 is 9.80 Å². The van der Waals surface area contributed by atoms with E-state index in [0.717, 1.165) is 58.4 Å². The van der Waals surface area contributed by atoms with Crippen LogP contribution in [0, 0.1) is 13.8 Å². The van der Waals surface area contributed by atoms with E-state index in [0.29, 0.717) is 0 Å². The van der Waals surface area contributed by atoms with Crippen molar-refractivity contribution in [3.05, 3.63) is 277 Å². The molecule has 0 aliphatic heterocycles. The number of aromatic nitrogens is 2. The van der Waals surface area contributed by atoms with E-state index in [1.807, 2.05) is 30.7 Å². The Hall–Kier alpha value is -8.90. The number of hydrogen-bond donors (Lipinski definition) is 0. The minimum atomic E-state index is 0.732. The Morgan fingerprint density at radius 3 is 1.44 bits per heavy atom. The first kappa shape index (κ1) is 44.1. The largest absolute Gasteiger partial charge is 0.309 e. The first-order valence-electron chi connectivity index (χ1n) is 25.0. The van der Waals surface area contributed by atoms with Crippen LogP contribution in [0.4, 0.5) is 34.1 Å². The van der Waals surface area contributed by atoms with Crippen molar-refractivity contribution in [1.82, 2.24) is 9.97 Å². The monoisotopic (exact) mass is 954 g/mol. The van der Waals surface area contributed by atoms with Gasteiger partial charge in [0.25, 0.3) is 0 Å². The highest BCUT2D eigenvalue weighted by Crippen LogP contribution is 2.52. The normalized spacial score (nSPS) is 11.9. The number of anilines is 6. The maximum absolute atomic E-state index is 4.90. The molecule has 0 radical (unpaired) electrons. The summed E-state index contributed by atoms with van der Waals surface area (Å²) in [4.78, 5) is 14.5. The second-order valence-electron chi connectivity index (χ2n) is 19.1. The fourth-order valence-corrected chi connectivity index (χ4v) is 12.1. The smallest absolute Gasteiger partial charge is 0.0645 e. The molecule has 1 aliphatic rings. The molecule has 3 aromatic heterocycles. The van der Waals surface area contributed by atoms with Crippen molar-refractivity contribution >= 4 is 65.6 Å². The summed E-state index contributed by atoms with van der Waals surface area (Å²) in [7, 11) is 0. The second-order valence-corrected chi connectivity index (χ2v) is 20.1. The molecule has 0 bridgehead atoms. The van der Waals surface area contributed by atoms with E-state index in [1.54, 1.807) is 0 Å². The highest BCUT2D eigenvalue weighted by atomic mass is 32.1. The number of benzene rings is 9. The average Bonchev–Trinajstić information content (AvgIpc) is 3.83. The Labute approximate surface area is 430 Å². The van der Waals surface area contributed by atoms with Gasteiger partial charge in [0.15, 0.2) is 0 Å². The summed E-state index contributed by atoms with van der Waals surface area (Å²) in [6.45, 7) is 4.10. The molecule has 0 unspecified atom stereocenters. The molecule has 0 atom stereocenters. The van der Waals surface area contributed by atoms with Crippen molar-refractivity contribution in [2.45, 2.75) is 26.7 Å². The molecule has 12 aromatic rings. The highest BCUT2D eigenvalue weighted by Gasteiger charge is 2.28. The third-order valence-corrected chi connectivity index (χ3v) is 15.6.